The number of hydrogen-bond acceptors (Lipinski definition) is 3. The number of carbonyl (C=O) groups is 2. The fraction of sp³-hybridized carbons (Fsp3) is 0.778. The molecule has 0 spiro atoms. The molecule has 8 heteroatoms. The smallest absolute Gasteiger partial charge is 0.422 e. The van der Waals surface area contributed by atoms with Gasteiger partial charge < -0.3 is 15.2 Å². The summed E-state index contributed by atoms with van der Waals surface area (Å²) < 4.78 is 39.2. The third-order valence-corrected chi connectivity index (χ3v) is 2.57. The molecule has 1 aliphatic rings. The Kier molecular flexibility index (Phi) is 3.53. The largest absolute Gasteiger partial charge is 0.480 e. The van der Waals surface area contributed by atoms with E-state index in [1.807, 2.05) is 5.32 Å². The third-order valence-electron chi connectivity index (χ3n) is 2.57. The topological polar surface area (TPSA) is 75.6 Å². The van der Waals surface area contributed by atoms with E-state index in [9.17, 15) is 22.8 Å². The van der Waals surface area contributed by atoms with Crippen LogP contribution in [0, 0.1) is 5.92 Å². The lowest BCUT2D eigenvalue weighted by Crippen LogP contribution is -2.54. The number of carboxylic acid groups (broad SMARTS) is 1. The standard InChI is InChI=1S/C9H12F3NO4/c1-8(6(14)15,5-2-3-5)13-7(16)17-4-9(10,11)12/h5H,2-4H2,1H3,(H,13,16)(H,14,15). The van der Waals surface area contributed by atoms with Crippen LogP contribution in [0.25, 0.3) is 0 Å². The number of amides is 1. The van der Waals surface area contributed by atoms with Gasteiger partial charge >= 0.3 is 18.2 Å². The lowest BCUT2D eigenvalue weighted by molar-refractivity contribution is -0.161. The Labute approximate surface area is 94.9 Å². The highest BCUT2D eigenvalue weighted by atomic mass is 19.4. The second-order valence-electron chi connectivity index (χ2n) is 4.10. The number of alkyl halides is 3. The minimum Gasteiger partial charge on any atom is -0.480 e. The van der Waals surface area contributed by atoms with Crippen LogP contribution in [-0.4, -0.2) is 35.5 Å². The summed E-state index contributed by atoms with van der Waals surface area (Å²) in [6.45, 7) is -0.485. The van der Waals surface area contributed by atoms with Gasteiger partial charge in [0.2, 0.25) is 0 Å². The molecule has 1 fully saturated rings. The van der Waals surface area contributed by atoms with E-state index in [-0.39, 0.29) is 5.92 Å². The predicted octanol–water partition coefficient (Wildman–Crippen LogP) is 1.53. The first-order valence-corrected chi connectivity index (χ1v) is 4.90. The molecule has 2 N–H and O–H groups in total. The molecule has 1 rings (SSSR count). The number of alkyl carbamates (subject to hydrolysis) is 1. The van der Waals surface area contributed by atoms with E-state index in [1.54, 1.807) is 0 Å². The SMILES string of the molecule is CC(NC(=O)OCC(F)(F)F)(C(=O)O)C1CC1. The van der Waals surface area contributed by atoms with Gasteiger partial charge in [0.05, 0.1) is 0 Å². The fourth-order valence-electron chi connectivity index (χ4n) is 1.39. The summed E-state index contributed by atoms with van der Waals surface area (Å²) in [5, 5.41) is 10.9. The van der Waals surface area contributed by atoms with E-state index in [4.69, 9.17) is 5.11 Å². The average Bonchev–Trinajstić information content (AvgIpc) is 2.96. The summed E-state index contributed by atoms with van der Waals surface area (Å²) in [7, 11) is 0. The van der Waals surface area contributed by atoms with Gasteiger partial charge in [-0.25, -0.2) is 9.59 Å². The van der Waals surface area contributed by atoms with Gasteiger partial charge in [0.25, 0.3) is 0 Å². The molecular weight excluding hydrogens is 243 g/mol. The maximum absolute atomic E-state index is 11.8. The molecule has 17 heavy (non-hydrogen) atoms. The van der Waals surface area contributed by atoms with E-state index in [1.165, 1.54) is 6.92 Å². The van der Waals surface area contributed by atoms with Crippen molar-refractivity contribution in [3.8, 4) is 0 Å². The van der Waals surface area contributed by atoms with Crippen LogP contribution in [0.2, 0.25) is 0 Å². The molecule has 1 aliphatic carbocycles. The summed E-state index contributed by atoms with van der Waals surface area (Å²) in [6, 6.07) is 0. The maximum Gasteiger partial charge on any atom is 0.422 e. The van der Waals surface area contributed by atoms with Crippen molar-refractivity contribution in [2.24, 2.45) is 5.92 Å². The summed E-state index contributed by atoms with van der Waals surface area (Å²) in [5.74, 6) is -1.55. The molecule has 98 valence electrons. The molecule has 0 bridgehead atoms. The van der Waals surface area contributed by atoms with Gasteiger partial charge in [-0.15, -0.1) is 0 Å². The van der Waals surface area contributed by atoms with Gasteiger partial charge in [-0.3, -0.25) is 0 Å². The van der Waals surface area contributed by atoms with Crippen molar-refractivity contribution in [1.29, 1.82) is 0 Å². The van der Waals surface area contributed by atoms with Crippen molar-refractivity contribution in [3.63, 3.8) is 0 Å². The molecule has 5 nitrogen and oxygen atoms in total. The number of halogens is 3. The van der Waals surface area contributed by atoms with Crippen LogP contribution in [0.15, 0.2) is 0 Å². The summed E-state index contributed by atoms with van der Waals surface area (Å²) >= 11 is 0. The third kappa shape index (κ3) is 3.79. The van der Waals surface area contributed by atoms with Crippen molar-refractivity contribution in [2.45, 2.75) is 31.5 Å². The van der Waals surface area contributed by atoms with Gasteiger partial charge in [0, 0.05) is 0 Å². The number of ether oxygens (including phenoxy) is 1. The first-order chi connectivity index (χ1) is 7.65. The number of rotatable bonds is 4. The minimum atomic E-state index is -4.63. The highest BCUT2D eigenvalue weighted by molar-refractivity contribution is 5.84. The number of nitrogens with one attached hydrogen (secondary N) is 1. The first kappa shape index (κ1) is 13.6. The Morgan fingerprint density at radius 2 is 1.94 bits per heavy atom. The molecule has 1 unspecified atom stereocenters. The quantitative estimate of drug-likeness (QED) is 0.798. The Balaban J connectivity index is 2.51. The molecule has 0 saturated heterocycles. The predicted molar refractivity (Wildman–Crippen MR) is 49.3 cm³/mol. The normalized spacial score (nSPS) is 19.3. The molecule has 1 atom stereocenters. The van der Waals surface area contributed by atoms with Gasteiger partial charge in [0.15, 0.2) is 6.61 Å². The molecule has 0 aromatic heterocycles. The van der Waals surface area contributed by atoms with Crippen LogP contribution < -0.4 is 5.32 Å². The number of carbonyl (C=O) groups excluding carboxylic acids is 1. The second kappa shape index (κ2) is 4.42. The molecule has 0 aromatic rings. The molecule has 0 aromatic carbocycles. The van der Waals surface area contributed by atoms with Crippen LogP contribution >= 0.6 is 0 Å². The fourth-order valence-corrected chi connectivity index (χ4v) is 1.39. The van der Waals surface area contributed by atoms with Crippen molar-refractivity contribution >= 4 is 12.1 Å². The molecule has 1 amide bonds. The zero-order valence-electron chi connectivity index (χ0n) is 9.00. The average molecular weight is 255 g/mol. The molecule has 0 heterocycles. The van der Waals surface area contributed by atoms with Crippen LogP contribution in [0.4, 0.5) is 18.0 Å². The van der Waals surface area contributed by atoms with Crippen molar-refractivity contribution in [3.05, 3.63) is 0 Å². The zero-order valence-corrected chi connectivity index (χ0v) is 9.00. The monoisotopic (exact) mass is 255 g/mol. The van der Waals surface area contributed by atoms with Crippen LogP contribution in [0.5, 0.6) is 0 Å². The molecule has 1 saturated carbocycles. The number of hydrogen-bond donors (Lipinski definition) is 2. The lowest BCUT2D eigenvalue weighted by Gasteiger charge is -2.25. The van der Waals surface area contributed by atoms with Gasteiger partial charge in [0.1, 0.15) is 5.54 Å². The van der Waals surface area contributed by atoms with Crippen molar-refractivity contribution < 1.29 is 32.6 Å². The molecule has 0 radical (unpaired) electrons. The Bertz CT molecular complexity index is 327. The highest BCUT2D eigenvalue weighted by Gasteiger charge is 2.49. The molecular formula is C9H12F3NO4. The van der Waals surface area contributed by atoms with E-state index in [2.05, 4.69) is 4.74 Å². The van der Waals surface area contributed by atoms with Crippen molar-refractivity contribution in [2.75, 3.05) is 6.61 Å². The van der Waals surface area contributed by atoms with Crippen LogP contribution in [0.1, 0.15) is 19.8 Å². The molecule has 0 aliphatic heterocycles. The zero-order chi connectivity index (χ0) is 13.3. The highest BCUT2D eigenvalue weighted by Crippen LogP contribution is 2.39. The minimum absolute atomic E-state index is 0.265. The van der Waals surface area contributed by atoms with Crippen LogP contribution in [0.3, 0.4) is 0 Å². The summed E-state index contributed by atoms with van der Waals surface area (Å²) in [4.78, 5) is 22.0. The summed E-state index contributed by atoms with van der Waals surface area (Å²) in [6.07, 6.45) is -4.78. The van der Waals surface area contributed by atoms with Crippen LogP contribution in [-0.2, 0) is 9.53 Å². The van der Waals surface area contributed by atoms with E-state index >= 15 is 0 Å². The Hall–Kier alpha value is -1.47. The first-order valence-electron chi connectivity index (χ1n) is 4.90. The Morgan fingerprint density at radius 3 is 2.29 bits per heavy atom. The van der Waals surface area contributed by atoms with Gasteiger partial charge in [-0.2, -0.15) is 13.2 Å². The second-order valence-corrected chi connectivity index (χ2v) is 4.10. The van der Waals surface area contributed by atoms with Crippen molar-refractivity contribution in [1.82, 2.24) is 5.32 Å². The summed E-state index contributed by atoms with van der Waals surface area (Å²) in [5.41, 5.74) is -1.57. The number of aliphatic carboxylic acids is 1. The van der Waals surface area contributed by atoms with E-state index < -0.39 is 30.4 Å². The lowest BCUT2D eigenvalue weighted by atomic mass is 9.96. The maximum atomic E-state index is 11.8. The van der Waals surface area contributed by atoms with E-state index in [0.29, 0.717) is 12.8 Å². The Morgan fingerprint density at radius 1 is 1.41 bits per heavy atom. The van der Waals surface area contributed by atoms with E-state index in [0.717, 1.165) is 0 Å². The number of carboxylic acids is 1. The van der Waals surface area contributed by atoms with Gasteiger partial charge in [-0.1, -0.05) is 0 Å². The van der Waals surface area contributed by atoms with Gasteiger partial charge in [-0.05, 0) is 25.7 Å².